The summed E-state index contributed by atoms with van der Waals surface area (Å²) in [6.07, 6.45) is 0.916. The van der Waals surface area contributed by atoms with Gasteiger partial charge in [-0.1, -0.05) is 43.3 Å². The largest absolute Gasteiger partial charge is 0.301 e. The molecule has 6 heteroatoms. The molecule has 1 N–H and O–H groups in total. The fraction of sp³-hybridized carbons (Fsp3) is 0.261. The molecule has 146 valence electrons. The first kappa shape index (κ1) is 18.2. The predicted molar refractivity (Wildman–Crippen MR) is 110 cm³/mol. The van der Waals surface area contributed by atoms with Crippen LogP contribution in [0.25, 0.3) is 11.3 Å². The molecule has 1 fully saturated rings. The summed E-state index contributed by atoms with van der Waals surface area (Å²) < 4.78 is 13.5. The zero-order valence-corrected chi connectivity index (χ0v) is 16.6. The van der Waals surface area contributed by atoms with Gasteiger partial charge in [0.05, 0.1) is 11.1 Å². The van der Waals surface area contributed by atoms with E-state index >= 15 is 0 Å². The van der Waals surface area contributed by atoms with Crippen molar-refractivity contribution in [2.45, 2.75) is 31.6 Å². The number of halogens is 1. The van der Waals surface area contributed by atoms with Crippen LogP contribution < -0.4 is 5.32 Å². The lowest BCUT2D eigenvalue weighted by molar-refractivity contribution is -0.134. The van der Waals surface area contributed by atoms with Crippen molar-refractivity contribution in [1.82, 2.24) is 4.98 Å². The Morgan fingerprint density at radius 2 is 2.00 bits per heavy atom. The van der Waals surface area contributed by atoms with Crippen molar-refractivity contribution in [3.63, 3.8) is 0 Å². The fourth-order valence-electron chi connectivity index (χ4n) is 4.73. The molecule has 0 saturated heterocycles. The van der Waals surface area contributed by atoms with E-state index in [1.54, 1.807) is 17.5 Å². The Bertz CT molecular complexity index is 1140. The predicted octanol–water partition coefficient (Wildman–Crippen LogP) is 5.14. The van der Waals surface area contributed by atoms with E-state index in [0.29, 0.717) is 29.2 Å². The highest BCUT2D eigenvalue weighted by atomic mass is 32.1. The van der Waals surface area contributed by atoms with Crippen molar-refractivity contribution in [3.8, 4) is 11.3 Å². The van der Waals surface area contributed by atoms with E-state index in [1.165, 1.54) is 23.5 Å². The summed E-state index contributed by atoms with van der Waals surface area (Å²) in [6.45, 7) is 1.95. The molecule has 3 aliphatic carbocycles. The lowest BCUT2D eigenvalue weighted by atomic mass is 9.54. The van der Waals surface area contributed by atoms with Crippen molar-refractivity contribution < 1.29 is 14.0 Å². The number of hydrogen-bond acceptors (Lipinski definition) is 4. The van der Waals surface area contributed by atoms with Crippen LogP contribution in [0.4, 0.5) is 9.52 Å². The molecule has 3 aromatic rings. The van der Waals surface area contributed by atoms with Gasteiger partial charge in [0.25, 0.3) is 0 Å². The van der Waals surface area contributed by atoms with E-state index < -0.39 is 5.41 Å². The number of amides is 1. The third kappa shape index (κ3) is 2.90. The molecule has 3 aliphatic rings. The summed E-state index contributed by atoms with van der Waals surface area (Å²) in [6, 6.07) is 14.2. The highest BCUT2D eigenvalue weighted by Crippen LogP contribution is 2.57. The summed E-state index contributed by atoms with van der Waals surface area (Å²) in [7, 11) is 0. The van der Waals surface area contributed by atoms with E-state index in [9.17, 15) is 14.0 Å². The van der Waals surface area contributed by atoms with Crippen LogP contribution in [0.2, 0.25) is 0 Å². The Morgan fingerprint density at radius 3 is 2.79 bits per heavy atom. The van der Waals surface area contributed by atoms with Gasteiger partial charge in [0.2, 0.25) is 5.91 Å². The van der Waals surface area contributed by atoms with Crippen molar-refractivity contribution in [2.24, 2.45) is 5.41 Å². The third-order valence-corrected chi connectivity index (χ3v) is 7.06. The number of hydrogen-bond donors (Lipinski definition) is 1. The number of benzene rings is 2. The molecule has 3 unspecified atom stereocenters. The molecule has 1 aromatic heterocycles. The Kier molecular flexibility index (Phi) is 4.13. The topological polar surface area (TPSA) is 59.1 Å². The maximum atomic E-state index is 13.5. The minimum absolute atomic E-state index is 0.116. The molecule has 29 heavy (non-hydrogen) atoms. The van der Waals surface area contributed by atoms with Gasteiger partial charge in [-0.15, -0.1) is 11.3 Å². The lowest BCUT2D eigenvalue weighted by Crippen LogP contribution is -2.49. The van der Waals surface area contributed by atoms with Crippen LogP contribution in [0, 0.1) is 11.2 Å². The van der Waals surface area contributed by atoms with E-state index in [4.69, 9.17) is 0 Å². The van der Waals surface area contributed by atoms with Crippen LogP contribution in [0.5, 0.6) is 0 Å². The normalized spacial score (nSPS) is 25.0. The van der Waals surface area contributed by atoms with Crippen LogP contribution in [-0.4, -0.2) is 16.7 Å². The highest BCUT2D eigenvalue weighted by molar-refractivity contribution is 7.14. The molecule has 1 amide bonds. The summed E-state index contributed by atoms with van der Waals surface area (Å²) in [5, 5.41) is 5.24. The molecule has 6 rings (SSSR count). The van der Waals surface area contributed by atoms with Crippen molar-refractivity contribution in [1.29, 1.82) is 0 Å². The van der Waals surface area contributed by atoms with Gasteiger partial charge in [-0.3, -0.25) is 9.59 Å². The average molecular weight is 406 g/mol. The lowest BCUT2D eigenvalue weighted by Gasteiger charge is -2.48. The second-order valence-electron chi connectivity index (χ2n) is 8.03. The van der Waals surface area contributed by atoms with Crippen LogP contribution >= 0.6 is 11.3 Å². The fourth-order valence-corrected chi connectivity index (χ4v) is 5.45. The molecule has 0 radical (unpaired) electrons. The first-order valence-corrected chi connectivity index (χ1v) is 10.5. The zero-order valence-electron chi connectivity index (χ0n) is 15.8. The van der Waals surface area contributed by atoms with Crippen LogP contribution in [-0.2, 0) is 9.59 Å². The first-order valence-electron chi connectivity index (χ1n) is 9.60. The number of aromatic nitrogens is 1. The molecule has 1 saturated carbocycles. The summed E-state index contributed by atoms with van der Waals surface area (Å²) >= 11 is 1.32. The van der Waals surface area contributed by atoms with Gasteiger partial charge in [0.1, 0.15) is 11.6 Å². The smallest absolute Gasteiger partial charge is 0.232 e. The van der Waals surface area contributed by atoms with Crippen LogP contribution in [0.15, 0.2) is 53.9 Å². The van der Waals surface area contributed by atoms with Gasteiger partial charge in [0.15, 0.2) is 5.13 Å². The van der Waals surface area contributed by atoms with Crippen LogP contribution in [0.3, 0.4) is 0 Å². The standard InChI is InChI=1S/C23H19FN2O2S/c1-23(11-17-15-7-2-3-8-16(15)18(23)10-20(17)27)21(28)26-22-25-19(12-29-22)13-5-4-6-14(24)9-13/h2-9,12,17-18H,10-11H2,1H3,(H,25,26,28). The second kappa shape index (κ2) is 6.59. The number of thiazole rings is 1. The second-order valence-corrected chi connectivity index (χ2v) is 8.89. The monoisotopic (exact) mass is 406 g/mol. The van der Waals surface area contributed by atoms with E-state index in [0.717, 1.165) is 11.1 Å². The minimum atomic E-state index is -0.669. The SMILES string of the molecule is CC1(C(=O)Nc2nc(-c3cccc(F)c3)cs2)CC2C(=O)CC1c1ccccc12. The molecular formula is C23H19FN2O2S. The van der Waals surface area contributed by atoms with Gasteiger partial charge < -0.3 is 5.32 Å². The molecule has 2 aromatic carbocycles. The third-order valence-electron chi connectivity index (χ3n) is 6.30. The number of Topliss-reactive ketones (excluding diaryl/α,β-unsaturated/α-hetero) is 1. The van der Waals surface area contributed by atoms with Gasteiger partial charge in [-0.25, -0.2) is 9.37 Å². The number of carbonyl (C=O) groups is 2. The maximum absolute atomic E-state index is 13.5. The quantitative estimate of drug-likeness (QED) is 0.655. The van der Waals surface area contributed by atoms with Gasteiger partial charge >= 0.3 is 0 Å². The van der Waals surface area contributed by atoms with E-state index in [-0.39, 0.29) is 29.3 Å². The molecular weight excluding hydrogens is 387 g/mol. The van der Waals surface area contributed by atoms with Crippen molar-refractivity contribution in [2.75, 3.05) is 5.32 Å². The number of fused-ring (bicyclic) bond motifs is 2. The number of anilines is 1. The van der Waals surface area contributed by atoms with Crippen molar-refractivity contribution in [3.05, 3.63) is 70.9 Å². The number of carbonyl (C=O) groups excluding carboxylic acids is 2. The maximum Gasteiger partial charge on any atom is 0.232 e. The Balaban J connectivity index is 1.41. The summed E-state index contributed by atoms with van der Waals surface area (Å²) in [5.74, 6) is -0.559. The Labute approximate surface area is 171 Å². The molecule has 0 spiro atoms. The Morgan fingerprint density at radius 1 is 1.21 bits per heavy atom. The van der Waals surface area contributed by atoms with Crippen molar-refractivity contribution >= 4 is 28.2 Å². The molecule has 3 atom stereocenters. The molecule has 2 bridgehead atoms. The van der Waals surface area contributed by atoms with E-state index in [2.05, 4.69) is 10.3 Å². The number of ketones is 1. The van der Waals surface area contributed by atoms with Crippen LogP contribution in [0.1, 0.15) is 42.7 Å². The number of nitrogens with one attached hydrogen (secondary N) is 1. The average Bonchev–Trinajstić information content (AvgIpc) is 3.18. The molecule has 1 heterocycles. The summed E-state index contributed by atoms with van der Waals surface area (Å²) in [4.78, 5) is 30.2. The number of nitrogens with zero attached hydrogens (tertiary/aromatic N) is 1. The summed E-state index contributed by atoms with van der Waals surface area (Å²) in [5.41, 5.74) is 2.81. The number of rotatable bonds is 3. The minimum Gasteiger partial charge on any atom is -0.301 e. The van der Waals surface area contributed by atoms with Gasteiger partial charge in [-0.05, 0) is 29.7 Å². The molecule has 0 aliphatic heterocycles. The Hall–Kier alpha value is -2.86. The molecule has 4 nitrogen and oxygen atoms in total. The first-order chi connectivity index (χ1) is 14.0. The van der Waals surface area contributed by atoms with E-state index in [1.807, 2.05) is 31.2 Å². The highest BCUT2D eigenvalue weighted by Gasteiger charge is 2.54. The van der Waals surface area contributed by atoms with Gasteiger partial charge in [0, 0.05) is 29.2 Å². The zero-order chi connectivity index (χ0) is 20.2. The van der Waals surface area contributed by atoms with Gasteiger partial charge in [-0.2, -0.15) is 0 Å².